The van der Waals surface area contributed by atoms with Crippen LogP contribution >= 0.6 is 0 Å². The number of phenolic OH excluding ortho intramolecular Hbond substituents is 1. The average molecular weight is 208 g/mol. The maximum Gasteiger partial charge on any atom is 0.160 e. The van der Waals surface area contributed by atoms with Gasteiger partial charge in [-0.05, 0) is 30.0 Å². The average Bonchev–Trinajstić information content (AvgIpc) is 2.65. The molecule has 2 rings (SSSR count). The van der Waals surface area contributed by atoms with E-state index in [2.05, 4.69) is 6.92 Å². The van der Waals surface area contributed by atoms with E-state index in [-0.39, 0.29) is 11.9 Å². The van der Waals surface area contributed by atoms with Crippen LogP contribution in [0.3, 0.4) is 0 Å². The molecule has 1 aliphatic heterocycles. The van der Waals surface area contributed by atoms with Gasteiger partial charge in [0.25, 0.3) is 0 Å². The van der Waals surface area contributed by atoms with E-state index >= 15 is 0 Å². The molecule has 1 saturated heterocycles. The van der Waals surface area contributed by atoms with Crippen LogP contribution in [0.4, 0.5) is 0 Å². The highest BCUT2D eigenvalue weighted by atomic mass is 16.5. The van der Waals surface area contributed by atoms with Gasteiger partial charge in [-0.25, -0.2) is 0 Å². The molecule has 0 radical (unpaired) electrons. The lowest BCUT2D eigenvalue weighted by Gasteiger charge is -2.16. The zero-order valence-corrected chi connectivity index (χ0v) is 9.06. The molecule has 3 heteroatoms. The Morgan fingerprint density at radius 2 is 2.27 bits per heavy atom. The van der Waals surface area contributed by atoms with Crippen molar-refractivity contribution in [3.05, 3.63) is 23.8 Å². The van der Waals surface area contributed by atoms with E-state index in [1.807, 2.05) is 12.1 Å². The Balaban J connectivity index is 2.28. The van der Waals surface area contributed by atoms with E-state index in [9.17, 15) is 5.11 Å². The van der Waals surface area contributed by atoms with Crippen LogP contribution in [0.1, 0.15) is 25.0 Å². The van der Waals surface area contributed by atoms with Crippen LogP contribution in [-0.2, 0) is 4.74 Å². The molecule has 1 fully saturated rings. The first-order chi connectivity index (χ1) is 7.22. The van der Waals surface area contributed by atoms with Gasteiger partial charge in [0.2, 0.25) is 0 Å². The van der Waals surface area contributed by atoms with Crippen molar-refractivity contribution in [2.75, 3.05) is 13.7 Å². The topological polar surface area (TPSA) is 38.7 Å². The van der Waals surface area contributed by atoms with Crippen molar-refractivity contribution in [2.24, 2.45) is 5.92 Å². The minimum atomic E-state index is 0.138. The second-order valence-electron chi connectivity index (χ2n) is 3.99. The summed E-state index contributed by atoms with van der Waals surface area (Å²) in [4.78, 5) is 0. The first-order valence-corrected chi connectivity index (χ1v) is 5.21. The van der Waals surface area contributed by atoms with Crippen molar-refractivity contribution in [3.63, 3.8) is 0 Å². The summed E-state index contributed by atoms with van der Waals surface area (Å²) in [6.45, 7) is 2.99. The maximum atomic E-state index is 9.48. The van der Waals surface area contributed by atoms with Gasteiger partial charge >= 0.3 is 0 Å². The molecule has 2 atom stereocenters. The number of benzene rings is 1. The molecule has 1 N–H and O–H groups in total. The first-order valence-electron chi connectivity index (χ1n) is 5.21. The molecule has 0 aliphatic carbocycles. The lowest BCUT2D eigenvalue weighted by Crippen LogP contribution is -2.03. The quantitative estimate of drug-likeness (QED) is 0.811. The van der Waals surface area contributed by atoms with Gasteiger partial charge in [-0.3, -0.25) is 0 Å². The van der Waals surface area contributed by atoms with Crippen molar-refractivity contribution in [1.29, 1.82) is 0 Å². The summed E-state index contributed by atoms with van der Waals surface area (Å²) in [5.74, 6) is 1.21. The predicted molar refractivity (Wildman–Crippen MR) is 57.1 cm³/mol. The SMILES string of the molecule is COc1cc(C2OCCC2C)ccc1O. The molecular formula is C12H16O3. The minimum Gasteiger partial charge on any atom is -0.504 e. The van der Waals surface area contributed by atoms with Crippen molar-refractivity contribution in [2.45, 2.75) is 19.4 Å². The molecule has 0 bridgehead atoms. The highest BCUT2D eigenvalue weighted by Crippen LogP contribution is 2.37. The van der Waals surface area contributed by atoms with Gasteiger partial charge in [0.05, 0.1) is 13.2 Å². The van der Waals surface area contributed by atoms with E-state index in [4.69, 9.17) is 9.47 Å². The number of ether oxygens (including phenoxy) is 2. The number of hydrogen-bond donors (Lipinski definition) is 1. The van der Waals surface area contributed by atoms with E-state index in [0.29, 0.717) is 11.7 Å². The number of rotatable bonds is 2. The molecule has 0 saturated carbocycles. The molecule has 3 nitrogen and oxygen atoms in total. The standard InChI is InChI=1S/C12H16O3/c1-8-5-6-15-12(8)9-3-4-10(13)11(7-9)14-2/h3-4,7-8,12-13H,5-6H2,1-2H3. The molecule has 1 heterocycles. The number of hydrogen-bond acceptors (Lipinski definition) is 3. The molecule has 2 unspecified atom stereocenters. The second-order valence-corrected chi connectivity index (χ2v) is 3.99. The van der Waals surface area contributed by atoms with Gasteiger partial charge in [0, 0.05) is 6.61 Å². The van der Waals surface area contributed by atoms with E-state index in [1.165, 1.54) is 0 Å². The normalized spacial score (nSPS) is 25.5. The van der Waals surface area contributed by atoms with Crippen LogP contribution in [0.25, 0.3) is 0 Å². The van der Waals surface area contributed by atoms with Crippen molar-refractivity contribution >= 4 is 0 Å². The molecule has 1 aromatic carbocycles. The highest BCUT2D eigenvalue weighted by Gasteiger charge is 2.26. The van der Waals surface area contributed by atoms with Crippen molar-refractivity contribution in [3.8, 4) is 11.5 Å². The van der Waals surface area contributed by atoms with Crippen LogP contribution < -0.4 is 4.74 Å². The maximum absolute atomic E-state index is 9.48. The fourth-order valence-corrected chi connectivity index (χ4v) is 1.99. The zero-order valence-electron chi connectivity index (χ0n) is 9.06. The molecule has 1 aliphatic rings. The lowest BCUT2D eigenvalue weighted by atomic mass is 9.97. The van der Waals surface area contributed by atoms with Crippen LogP contribution in [0.5, 0.6) is 11.5 Å². The predicted octanol–water partition coefficient (Wildman–Crippen LogP) is 2.50. The van der Waals surface area contributed by atoms with Crippen LogP contribution in [-0.4, -0.2) is 18.8 Å². The Morgan fingerprint density at radius 1 is 1.47 bits per heavy atom. The molecule has 0 spiro atoms. The van der Waals surface area contributed by atoms with Gasteiger partial charge in [-0.1, -0.05) is 13.0 Å². The summed E-state index contributed by atoms with van der Waals surface area (Å²) < 4.78 is 10.7. The Labute approximate surface area is 89.6 Å². The van der Waals surface area contributed by atoms with Crippen LogP contribution in [0.15, 0.2) is 18.2 Å². The van der Waals surface area contributed by atoms with E-state index in [1.54, 1.807) is 13.2 Å². The van der Waals surface area contributed by atoms with Crippen LogP contribution in [0.2, 0.25) is 0 Å². The van der Waals surface area contributed by atoms with Crippen molar-refractivity contribution < 1.29 is 14.6 Å². The lowest BCUT2D eigenvalue weighted by molar-refractivity contribution is 0.0942. The Kier molecular flexibility index (Phi) is 2.82. The molecule has 15 heavy (non-hydrogen) atoms. The smallest absolute Gasteiger partial charge is 0.160 e. The zero-order chi connectivity index (χ0) is 10.8. The number of aromatic hydroxyl groups is 1. The molecular weight excluding hydrogens is 192 g/mol. The van der Waals surface area contributed by atoms with E-state index < -0.39 is 0 Å². The highest BCUT2D eigenvalue weighted by molar-refractivity contribution is 5.42. The first kappa shape index (κ1) is 10.3. The Bertz CT molecular complexity index is 349. The van der Waals surface area contributed by atoms with Gasteiger partial charge in [-0.2, -0.15) is 0 Å². The summed E-state index contributed by atoms with van der Waals surface area (Å²) in [5, 5.41) is 9.48. The third kappa shape index (κ3) is 1.92. The third-order valence-electron chi connectivity index (χ3n) is 2.92. The van der Waals surface area contributed by atoms with E-state index in [0.717, 1.165) is 18.6 Å². The molecule has 82 valence electrons. The van der Waals surface area contributed by atoms with Crippen LogP contribution in [0, 0.1) is 5.92 Å². The second kappa shape index (κ2) is 4.11. The Morgan fingerprint density at radius 3 is 2.87 bits per heavy atom. The number of phenols is 1. The third-order valence-corrected chi connectivity index (χ3v) is 2.92. The summed E-state index contributed by atoms with van der Waals surface area (Å²) in [6, 6.07) is 5.40. The monoisotopic (exact) mass is 208 g/mol. The van der Waals surface area contributed by atoms with Crippen molar-refractivity contribution in [1.82, 2.24) is 0 Å². The van der Waals surface area contributed by atoms with Gasteiger partial charge < -0.3 is 14.6 Å². The fourth-order valence-electron chi connectivity index (χ4n) is 1.99. The van der Waals surface area contributed by atoms with Gasteiger partial charge in [0.15, 0.2) is 11.5 Å². The molecule has 0 aromatic heterocycles. The summed E-state index contributed by atoms with van der Waals surface area (Å²) in [6.07, 6.45) is 1.23. The largest absolute Gasteiger partial charge is 0.504 e. The van der Waals surface area contributed by atoms with Gasteiger partial charge in [-0.15, -0.1) is 0 Å². The number of methoxy groups -OCH3 is 1. The Hall–Kier alpha value is -1.22. The minimum absolute atomic E-state index is 0.138. The van der Waals surface area contributed by atoms with Gasteiger partial charge in [0.1, 0.15) is 0 Å². The summed E-state index contributed by atoms with van der Waals surface area (Å²) >= 11 is 0. The molecule has 0 amide bonds. The fraction of sp³-hybridized carbons (Fsp3) is 0.500. The molecule has 1 aromatic rings. The summed E-state index contributed by atoms with van der Waals surface area (Å²) in [5.41, 5.74) is 1.08. The summed E-state index contributed by atoms with van der Waals surface area (Å²) in [7, 11) is 1.55.